The molecule has 11 aliphatic carbocycles. The topological polar surface area (TPSA) is 146 Å². The Morgan fingerprint density at radius 1 is 0.807 bits per heavy atom. The molecule has 9 heteroatoms. The number of benzene rings is 3. The third kappa shape index (κ3) is 7.56. The second-order valence-corrected chi connectivity index (χ2v) is 30.4. The molecule has 5 N–H and O–H groups in total. The van der Waals surface area contributed by atoms with Crippen LogP contribution in [0.3, 0.4) is 0 Å². The Morgan fingerprint density at radius 3 is 2.45 bits per heavy atom. The van der Waals surface area contributed by atoms with Crippen LogP contribution in [-0.4, -0.2) is 80.9 Å². The van der Waals surface area contributed by atoms with Crippen LogP contribution in [0.25, 0.3) is 0 Å². The number of aliphatic hydroxyl groups excluding tert-OH is 1. The molecular formula is C74H87NO8. The molecule has 0 amide bonds. The summed E-state index contributed by atoms with van der Waals surface area (Å²) < 4.78 is 14.5. The summed E-state index contributed by atoms with van der Waals surface area (Å²) in [4.78, 5) is 30.1. The van der Waals surface area contributed by atoms with E-state index in [9.17, 15) is 9.90 Å². The van der Waals surface area contributed by atoms with Crippen molar-refractivity contribution in [1.29, 1.82) is 0 Å². The van der Waals surface area contributed by atoms with Gasteiger partial charge in [-0.15, -0.1) is 5.92 Å². The lowest BCUT2D eigenvalue weighted by molar-refractivity contribution is -0.372. The fourth-order valence-corrected chi connectivity index (χ4v) is 24.4. The summed E-state index contributed by atoms with van der Waals surface area (Å²) in [5.41, 5.74) is -0.328. The SMILES string of the molecule is CN[C@H]1Cc2c(cccc2CO)C#CCC[C@]23C[C@@H]4C#CC[C@@H](Cc5ccccc5)[C@@H]5C[C@H]6C[C@@H]7Cc8cccc(c8)C[C@@H]8CC[C@H](C8)[C@H](C)[C@H]8CC[C@H]9[C@@H](O7)[C@]6(C5)C[C@]5(C=O)[C@@H]4[C@@](O)(C[C@@H](C8)[C@]95O)[C@@]2(O)C[C@@H]2C[C@@H]1[C@@H]1OC(=O)C=C1[C@@H]23. The monoisotopic (exact) mass is 1120 g/mol. The number of hydrogen-bond acceptors (Lipinski definition) is 9. The Kier molecular flexibility index (Phi) is 12.6. The molecule has 0 radical (unpaired) electrons. The zero-order valence-electron chi connectivity index (χ0n) is 49.0. The van der Waals surface area contributed by atoms with E-state index in [4.69, 9.17) is 9.47 Å². The smallest absolute Gasteiger partial charge is 0.331 e. The van der Waals surface area contributed by atoms with Crippen LogP contribution >= 0.6 is 0 Å². The lowest BCUT2D eigenvalue weighted by atomic mass is 9.31. The molecule has 3 aliphatic heterocycles. The fourth-order valence-electron chi connectivity index (χ4n) is 24.4. The van der Waals surface area contributed by atoms with Gasteiger partial charge in [0.25, 0.3) is 0 Å². The molecule has 0 aromatic heterocycles. The molecule has 2 spiro atoms. The number of rotatable bonds is 5. The van der Waals surface area contributed by atoms with Gasteiger partial charge in [-0.2, -0.15) is 0 Å². The Bertz CT molecular complexity index is 3280. The summed E-state index contributed by atoms with van der Waals surface area (Å²) in [6.07, 6.45) is 17.8. The van der Waals surface area contributed by atoms with E-state index in [2.05, 4.69) is 90.5 Å². The summed E-state index contributed by atoms with van der Waals surface area (Å²) in [5.74, 6) is 14.5. The number of carbonyl (C=O) groups is 2. The highest BCUT2D eigenvalue weighted by Gasteiger charge is 2.86. The standard InChI is InChI=1S/C74H87NO8/c1-43-49-21-20-47(28-49)26-45-13-8-14-46(25-45)29-58-33-56-31-54-36-69(56)41-71(42-77)67-52(18-10-17-51(54)27-44-11-4-3-5-12-44)37-70-24-7-6-15-48-16-9-19-53(40-76)59(48)34-63(75-2)60-32-55(65(70)61-35-64(78)83-66(60)61)38-73(70,80)72(67,79)39-57-30-50(43)22-23-62(68(69)82-58)74(57,71)81/h3-5,8-9,11-14,16,19,25,35,42-43,47,49-52,54-58,60,62-63,65-68,75-76,79-81H,7,17,20-24,26-34,36-41H2,1-2H3/t43-,47-,49+,50-,51-,52-,54+,55-,56-,57+,58-,60-,62-,63-,65+,66-,67+,68+,69+,70+,71-,72-,73+,74-/m0/s1. The van der Waals surface area contributed by atoms with Crippen molar-refractivity contribution < 1.29 is 39.5 Å². The van der Waals surface area contributed by atoms with E-state index >= 15 is 20.1 Å². The van der Waals surface area contributed by atoms with Crippen molar-refractivity contribution in [2.75, 3.05) is 7.05 Å². The third-order valence-corrected chi connectivity index (χ3v) is 27.4. The first-order valence-electron chi connectivity index (χ1n) is 32.9. The lowest BCUT2D eigenvalue weighted by Crippen LogP contribution is -2.84. The normalized spacial score (nSPS) is 48.3. The second-order valence-electron chi connectivity index (χ2n) is 30.4. The lowest BCUT2D eigenvalue weighted by Gasteiger charge is -2.75. The molecule has 3 aromatic carbocycles. The van der Waals surface area contributed by atoms with Crippen LogP contribution in [-0.2, 0) is 51.4 Å². The van der Waals surface area contributed by atoms with Crippen molar-refractivity contribution in [1.82, 2.24) is 5.32 Å². The third-order valence-electron chi connectivity index (χ3n) is 27.4. The quantitative estimate of drug-likeness (QED) is 0.0958. The van der Waals surface area contributed by atoms with Crippen LogP contribution in [0.2, 0.25) is 0 Å². The van der Waals surface area contributed by atoms with Gasteiger partial charge >= 0.3 is 5.97 Å². The van der Waals surface area contributed by atoms with Crippen molar-refractivity contribution in [2.45, 2.75) is 190 Å². The van der Waals surface area contributed by atoms with Crippen molar-refractivity contribution in [3.8, 4) is 23.7 Å². The number of carbonyl (C=O) groups excluding carboxylic acids is 2. The predicted molar refractivity (Wildman–Crippen MR) is 315 cm³/mol. The molecule has 3 aromatic rings. The van der Waals surface area contributed by atoms with Gasteiger partial charge in [-0.1, -0.05) is 91.4 Å². The number of nitrogens with one attached hydrogen (secondary N) is 1. The average Bonchev–Trinajstić information content (AvgIpc) is 1.67. The van der Waals surface area contributed by atoms with E-state index < -0.39 is 56.9 Å². The zero-order chi connectivity index (χ0) is 56.4. The van der Waals surface area contributed by atoms with Crippen LogP contribution in [0, 0.1) is 123 Å². The van der Waals surface area contributed by atoms with Crippen molar-refractivity contribution >= 4 is 12.3 Å². The molecule has 436 valence electrons. The van der Waals surface area contributed by atoms with Gasteiger partial charge in [0, 0.05) is 65.0 Å². The average molecular weight is 1120 g/mol. The maximum absolute atomic E-state index is 16.0. The highest BCUT2D eigenvalue weighted by molar-refractivity contribution is 5.86. The van der Waals surface area contributed by atoms with Gasteiger partial charge in [0.2, 0.25) is 0 Å². The van der Waals surface area contributed by atoms with E-state index in [1.165, 1.54) is 42.2 Å². The number of likely N-dealkylation sites (N-methyl/N-ethyl adjacent to an activating group) is 1. The zero-order valence-corrected chi connectivity index (χ0v) is 49.0. The Labute approximate surface area is 491 Å². The van der Waals surface area contributed by atoms with Gasteiger partial charge in [-0.05, 0) is 228 Å². The summed E-state index contributed by atoms with van der Waals surface area (Å²) in [7, 11) is 1.97. The first-order valence-corrected chi connectivity index (χ1v) is 32.9. The molecule has 0 unspecified atom stereocenters. The Morgan fingerprint density at radius 2 is 1.61 bits per heavy atom. The van der Waals surface area contributed by atoms with E-state index in [-0.39, 0.29) is 78.7 Å². The van der Waals surface area contributed by atoms with Gasteiger partial charge in [0.05, 0.1) is 35.4 Å². The number of esters is 1. The maximum Gasteiger partial charge on any atom is 0.331 e. The molecule has 3 heterocycles. The maximum atomic E-state index is 16.0. The van der Waals surface area contributed by atoms with E-state index in [1.54, 1.807) is 6.08 Å². The Hall–Kier alpha value is -4.58. The minimum atomic E-state index is -1.85. The van der Waals surface area contributed by atoms with Crippen LogP contribution in [0.1, 0.15) is 149 Å². The summed E-state index contributed by atoms with van der Waals surface area (Å²) in [6.45, 7) is 2.38. The van der Waals surface area contributed by atoms with Crippen LogP contribution in [0.5, 0.6) is 0 Å². The summed E-state index contributed by atoms with van der Waals surface area (Å²) in [6, 6.07) is 26.2. The van der Waals surface area contributed by atoms with Gasteiger partial charge in [0.1, 0.15) is 18.0 Å². The van der Waals surface area contributed by atoms with Gasteiger partial charge in [-0.25, -0.2) is 4.79 Å². The predicted octanol–water partition coefficient (Wildman–Crippen LogP) is 10.1. The summed E-state index contributed by atoms with van der Waals surface area (Å²) >= 11 is 0. The van der Waals surface area contributed by atoms with Crippen LogP contribution in [0.15, 0.2) is 84.4 Å². The van der Waals surface area contributed by atoms with Crippen molar-refractivity contribution in [2.24, 2.45) is 99.1 Å². The highest BCUT2D eigenvalue weighted by atomic mass is 16.5. The molecule has 9 fully saturated rings. The molecule has 83 heavy (non-hydrogen) atoms. The van der Waals surface area contributed by atoms with Gasteiger partial charge in [-0.3, -0.25) is 0 Å². The molecule has 8 saturated carbocycles. The van der Waals surface area contributed by atoms with Crippen molar-refractivity contribution in [3.05, 3.63) is 118 Å². The first-order chi connectivity index (χ1) is 40.2. The second kappa shape index (κ2) is 19.5. The van der Waals surface area contributed by atoms with E-state index in [0.717, 1.165) is 73.6 Å². The molecule has 14 aliphatic rings. The molecular weight excluding hydrogens is 1030 g/mol. The minimum absolute atomic E-state index is 0.0319. The molecule has 24 atom stereocenters. The Balaban J connectivity index is 0.920. The minimum Gasteiger partial charge on any atom is -0.454 e. The molecule has 9 nitrogen and oxygen atoms in total. The molecule has 1 saturated heterocycles. The number of hydrogen-bond donors (Lipinski definition) is 5. The highest BCUT2D eigenvalue weighted by Crippen LogP contribution is 2.81. The van der Waals surface area contributed by atoms with E-state index in [0.29, 0.717) is 81.5 Å². The first kappa shape index (κ1) is 53.9. The number of fused-ring (bicyclic) bond motifs is 12. The number of aldehydes is 1. The van der Waals surface area contributed by atoms with Gasteiger partial charge in [0.15, 0.2) is 0 Å². The van der Waals surface area contributed by atoms with Crippen LogP contribution in [0.4, 0.5) is 0 Å². The van der Waals surface area contributed by atoms with Crippen molar-refractivity contribution in [3.63, 3.8) is 0 Å². The molecule has 15 bridgehead atoms. The molecule has 17 rings (SSSR count). The number of aliphatic hydroxyl groups is 4. The number of ether oxygens (including phenoxy) is 2. The largest absolute Gasteiger partial charge is 0.454 e. The van der Waals surface area contributed by atoms with Crippen LogP contribution < -0.4 is 5.32 Å². The summed E-state index contributed by atoms with van der Waals surface area (Å²) in [5, 5.41) is 60.3. The fraction of sp³-hybridized carbons (Fsp3) is 0.649. The van der Waals surface area contributed by atoms with Gasteiger partial charge < -0.3 is 40.0 Å². The van der Waals surface area contributed by atoms with E-state index in [1.807, 2.05) is 25.2 Å².